The van der Waals surface area contributed by atoms with Crippen LogP contribution in [-0.2, 0) is 32.3 Å². The molecule has 0 saturated carbocycles. The standard InChI is InChI=1S/C42H52N2O10/c1-30(10-8-21-54-44(47)48)22-41(46)43-25-35(27-45)42(40(26-43)53-28-31-23-33-11-4-6-13-37(33)39(24-31)50-3)32-15-17-36(18-16-32)52-20-9-19-51-29-34-12-5-7-14-38(34)49-2/h4-7,11-18,23-24,30,35,40,42,45H,8-10,19-22,25-29H2,1-3H3. The molecule has 4 unspecified atom stereocenters. The van der Waals surface area contributed by atoms with Crippen molar-refractivity contribution in [1.82, 2.24) is 4.90 Å². The third-order valence-corrected chi connectivity index (χ3v) is 9.90. The Balaban J connectivity index is 1.24. The summed E-state index contributed by atoms with van der Waals surface area (Å²) in [4.78, 5) is 30.3. The number of methoxy groups -OCH3 is 2. The van der Waals surface area contributed by atoms with Gasteiger partial charge >= 0.3 is 0 Å². The molecule has 0 spiro atoms. The van der Waals surface area contributed by atoms with E-state index in [4.69, 9.17) is 23.7 Å². The fourth-order valence-corrected chi connectivity index (χ4v) is 7.16. The number of amides is 1. The summed E-state index contributed by atoms with van der Waals surface area (Å²) in [6.45, 7) is 4.36. The second-order valence-electron chi connectivity index (χ2n) is 13.8. The van der Waals surface area contributed by atoms with Gasteiger partial charge in [-0.15, -0.1) is 10.1 Å². The molecule has 4 aromatic carbocycles. The predicted octanol–water partition coefficient (Wildman–Crippen LogP) is 6.98. The Bertz CT molecular complexity index is 1780. The maximum atomic E-state index is 13.6. The number of ether oxygens (including phenoxy) is 5. The fourth-order valence-electron chi connectivity index (χ4n) is 7.16. The molecule has 54 heavy (non-hydrogen) atoms. The number of carbonyl (C=O) groups is 1. The minimum atomic E-state index is -0.799. The number of fused-ring (bicyclic) bond motifs is 1. The molecule has 12 nitrogen and oxygen atoms in total. The Hall–Kier alpha value is -4.91. The average molecular weight is 745 g/mol. The topological polar surface area (TPSA) is 139 Å². The molecule has 1 heterocycles. The van der Waals surface area contributed by atoms with E-state index in [0.29, 0.717) is 45.8 Å². The number of carbonyl (C=O) groups excluding carboxylic acids is 1. The number of rotatable bonds is 21. The van der Waals surface area contributed by atoms with E-state index in [1.165, 1.54) is 0 Å². The quantitative estimate of drug-likeness (QED) is 0.0540. The van der Waals surface area contributed by atoms with E-state index in [1.54, 1.807) is 19.1 Å². The van der Waals surface area contributed by atoms with Gasteiger partial charge in [0.15, 0.2) is 0 Å². The zero-order chi connectivity index (χ0) is 38.3. The summed E-state index contributed by atoms with van der Waals surface area (Å²) < 4.78 is 29.6. The number of piperidine rings is 1. The van der Waals surface area contributed by atoms with Gasteiger partial charge in [0.2, 0.25) is 5.91 Å². The highest BCUT2D eigenvalue weighted by Crippen LogP contribution is 2.37. The molecule has 1 saturated heterocycles. The van der Waals surface area contributed by atoms with E-state index in [-0.39, 0.29) is 49.9 Å². The number of likely N-dealkylation sites (tertiary alicyclic amines) is 1. The summed E-state index contributed by atoms with van der Waals surface area (Å²) in [5.41, 5.74) is 2.93. The Morgan fingerprint density at radius 3 is 2.43 bits per heavy atom. The number of hydrogen-bond donors (Lipinski definition) is 1. The summed E-state index contributed by atoms with van der Waals surface area (Å²) in [7, 11) is 3.30. The maximum absolute atomic E-state index is 13.6. The smallest absolute Gasteiger partial charge is 0.294 e. The maximum Gasteiger partial charge on any atom is 0.294 e. The summed E-state index contributed by atoms with van der Waals surface area (Å²) >= 11 is 0. The van der Waals surface area contributed by atoms with Gasteiger partial charge in [-0.2, -0.15) is 0 Å². The van der Waals surface area contributed by atoms with Crippen LogP contribution in [0.3, 0.4) is 0 Å². The molecule has 290 valence electrons. The summed E-state index contributed by atoms with van der Waals surface area (Å²) in [5.74, 6) is 1.81. The largest absolute Gasteiger partial charge is 0.496 e. The van der Waals surface area contributed by atoms with Gasteiger partial charge in [-0.25, -0.2) is 0 Å². The zero-order valence-electron chi connectivity index (χ0n) is 31.4. The van der Waals surface area contributed by atoms with Crippen molar-refractivity contribution in [2.24, 2.45) is 11.8 Å². The molecule has 4 atom stereocenters. The summed E-state index contributed by atoms with van der Waals surface area (Å²) in [5, 5.41) is 22.5. The molecule has 1 amide bonds. The van der Waals surface area contributed by atoms with Crippen LogP contribution in [0, 0.1) is 22.0 Å². The normalized spacial score (nSPS) is 17.6. The number of benzene rings is 4. The molecule has 0 aromatic heterocycles. The molecule has 1 aliphatic heterocycles. The first-order chi connectivity index (χ1) is 26.3. The van der Waals surface area contributed by atoms with Gasteiger partial charge in [0, 0.05) is 55.3 Å². The first-order valence-electron chi connectivity index (χ1n) is 18.5. The Kier molecular flexibility index (Phi) is 15.3. The van der Waals surface area contributed by atoms with E-state index >= 15 is 0 Å². The second kappa shape index (κ2) is 20.5. The van der Waals surface area contributed by atoms with Crippen LogP contribution in [0.1, 0.15) is 55.2 Å². The number of para-hydroxylation sites is 1. The van der Waals surface area contributed by atoms with E-state index < -0.39 is 11.2 Å². The molecular weight excluding hydrogens is 692 g/mol. The molecule has 0 radical (unpaired) electrons. The van der Waals surface area contributed by atoms with E-state index in [9.17, 15) is 20.0 Å². The van der Waals surface area contributed by atoms with Crippen LogP contribution in [0.5, 0.6) is 17.2 Å². The van der Waals surface area contributed by atoms with Crippen LogP contribution in [0.25, 0.3) is 10.8 Å². The van der Waals surface area contributed by atoms with Gasteiger partial charge in [-0.1, -0.05) is 61.5 Å². The minimum Gasteiger partial charge on any atom is -0.496 e. The van der Waals surface area contributed by atoms with E-state index in [1.807, 2.05) is 85.8 Å². The van der Waals surface area contributed by atoms with Crippen molar-refractivity contribution in [3.05, 3.63) is 112 Å². The van der Waals surface area contributed by atoms with Crippen molar-refractivity contribution in [1.29, 1.82) is 0 Å². The van der Waals surface area contributed by atoms with Crippen molar-refractivity contribution in [3.8, 4) is 17.2 Å². The molecule has 5 rings (SSSR count). The van der Waals surface area contributed by atoms with Crippen LogP contribution < -0.4 is 14.2 Å². The molecule has 4 aromatic rings. The van der Waals surface area contributed by atoms with Crippen molar-refractivity contribution in [3.63, 3.8) is 0 Å². The lowest BCUT2D eigenvalue weighted by Gasteiger charge is -2.43. The first-order valence-corrected chi connectivity index (χ1v) is 18.5. The Labute approximate surface area is 317 Å². The zero-order valence-corrected chi connectivity index (χ0v) is 31.4. The van der Waals surface area contributed by atoms with Gasteiger partial charge in [0.05, 0.1) is 53.4 Å². The van der Waals surface area contributed by atoms with Crippen LogP contribution in [0.4, 0.5) is 0 Å². The molecule has 1 N–H and O–H groups in total. The van der Waals surface area contributed by atoms with Crippen LogP contribution >= 0.6 is 0 Å². The lowest BCUT2D eigenvalue weighted by atomic mass is 9.78. The highest BCUT2D eigenvalue weighted by Gasteiger charge is 2.40. The first kappa shape index (κ1) is 40.3. The SMILES string of the molecule is COc1ccccc1COCCCOc1ccc(C2C(CO)CN(C(=O)CC(C)CCCO[N+](=O)[O-])CC2OCc2cc(OC)c3ccccc3c2)cc1. The monoisotopic (exact) mass is 744 g/mol. The minimum absolute atomic E-state index is 0.00198. The third kappa shape index (κ3) is 11.3. The van der Waals surface area contributed by atoms with E-state index in [0.717, 1.165) is 51.1 Å². The van der Waals surface area contributed by atoms with Gasteiger partial charge in [0.25, 0.3) is 5.09 Å². The Morgan fingerprint density at radius 1 is 0.907 bits per heavy atom. The van der Waals surface area contributed by atoms with Gasteiger partial charge in [-0.05, 0) is 65.6 Å². The molecule has 0 aliphatic carbocycles. The van der Waals surface area contributed by atoms with Gasteiger partial charge in [-0.3, -0.25) is 4.79 Å². The third-order valence-electron chi connectivity index (χ3n) is 9.90. The lowest BCUT2D eigenvalue weighted by Crippen LogP contribution is -2.52. The lowest BCUT2D eigenvalue weighted by molar-refractivity contribution is -0.757. The average Bonchev–Trinajstić information content (AvgIpc) is 3.19. The number of nitrogens with zero attached hydrogens (tertiary/aromatic N) is 2. The fraction of sp³-hybridized carbons (Fsp3) is 0.452. The molecule has 0 bridgehead atoms. The summed E-state index contributed by atoms with van der Waals surface area (Å²) in [6, 6.07) is 27.8. The van der Waals surface area contributed by atoms with Gasteiger partial charge < -0.3 is 38.5 Å². The highest BCUT2D eigenvalue weighted by molar-refractivity contribution is 5.89. The van der Waals surface area contributed by atoms with Crippen molar-refractivity contribution in [2.45, 2.75) is 57.8 Å². The van der Waals surface area contributed by atoms with Crippen LogP contribution in [-0.4, -0.2) is 80.8 Å². The van der Waals surface area contributed by atoms with Gasteiger partial charge in [0.1, 0.15) is 17.2 Å². The molecule has 1 aliphatic rings. The van der Waals surface area contributed by atoms with Crippen LogP contribution in [0.2, 0.25) is 0 Å². The number of aliphatic hydroxyl groups excluding tert-OH is 1. The second-order valence-corrected chi connectivity index (χ2v) is 13.8. The summed E-state index contributed by atoms with van der Waals surface area (Å²) in [6.07, 6.45) is 1.69. The van der Waals surface area contributed by atoms with E-state index in [2.05, 4.69) is 10.9 Å². The number of hydrogen-bond acceptors (Lipinski definition) is 10. The molecule has 12 heteroatoms. The van der Waals surface area contributed by atoms with Crippen molar-refractivity contribution >= 4 is 16.7 Å². The Morgan fingerprint density at radius 2 is 1.67 bits per heavy atom. The van der Waals surface area contributed by atoms with Crippen molar-refractivity contribution < 1.29 is 43.5 Å². The van der Waals surface area contributed by atoms with Crippen molar-refractivity contribution in [2.75, 3.05) is 53.7 Å². The van der Waals surface area contributed by atoms with Crippen LogP contribution in [0.15, 0.2) is 84.9 Å². The number of aliphatic hydroxyl groups is 1. The molecular formula is C42H52N2O10. The molecule has 1 fully saturated rings. The predicted molar refractivity (Wildman–Crippen MR) is 204 cm³/mol. The highest BCUT2D eigenvalue weighted by atomic mass is 16.9.